The molecule has 1 aromatic heterocycles. The Hall–Kier alpha value is -9.37. The van der Waals surface area contributed by atoms with Crippen molar-refractivity contribution in [1.29, 1.82) is 0 Å². The number of carboxylic acids is 1. The van der Waals surface area contributed by atoms with Crippen molar-refractivity contribution < 1.29 is 103 Å². The van der Waals surface area contributed by atoms with Crippen molar-refractivity contribution in [2.75, 3.05) is 67.1 Å². The molecule has 33 nitrogen and oxygen atoms in total. The Bertz CT molecular complexity index is 4190. The first-order chi connectivity index (χ1) is 39.9. The van der Waals surface area contributed by atoms with Crippen LogP contribution >= 0.6 is 0 Å². The number of phenols is 1. The Morgan fingerprint density at radius 1 is 0.500 bits per heavy atom. The van der Waals surface area contributed by atoms with E-state index < -0.39 is 112 Å². The van der Waals surface area contributed by atoms with E-state index in [2.05, 4.69) is 46.0 Å². The maximum absolute atomic E-state index is 14.1. The van der Waals surface area contributed by atoms with Gasteiger partial charge in [0.2, 0.25) is 0 Å². The van der Waals surface area contributed by atoms with Gasteiger partial charge in [0, 0.05) is 41.8 Å². The smallest absolute Gasteiger partial charge is 0.356 e. The molecule has 7 aromatic rings. The molecule has 0 saturated heterocycles. The van der Waals surface area contributed by atoms with Gasteiger partial charge < -0.3 is 59.1 Å². The number of aliphatic hydroxyl groups excluding tert-OH is 4. The Labute approximate surface area is 472 Å². The number of methoxy groups -OCH3 is 2. The summed E-state index contributed by atoms with van der Waals surface area (Å²) >= 11 is 0. The number of carboxylic acid groups (broad SMARTS) is 1. The molecule has 0 saturated carbocycles. The lowest BCUT2D eigenvalue weighted by Crippen LogP contribution is -2.14. The zero-order chi connectivity index (χ0) is 61.1. The lowest BCUT2D eigenvalue weighted by Gasteiger charge is -2.13. The number of aliphatic hydroxyl groups is 4. The number of nitrogens with one attached hydrogen (secondary N) is 1. The summed E-state index contributed by atoms with van der Waals surface area (Å²) in [4.78, 5) is 24.2. The van der Waals surface area contributed by atoms with Crippen LogP contribution in [0.2, 0.25) is 0 Å². The van der Waals surface area contributed by atoms with Crippen molar-refractivity contribution in [3.63, 3.8) is 0 Å². The Balaban J connectivity index is 1.28. The average Bonchev–Trinajstić information content (AvgIpc) is 3.35. The van der Waals surface area contributed by atoms with Crippen LogP contribution in [0.1, 0.15) is 10.5 Å². The van der Waals surface area contributed by atoms with Crippen LogP contribution in [0.4, 0.5) is 45.5 Å². The third-order valence-electron chi connectivity index (χ3n) is 11.1. The van der Waals surface area contributed by atoms with E-state index >= 15 is 0 Å². The van der Waals surface area contributed by atoms with Gasteiger partial charge in [-0.05, 0) is 53.9 Å². The normalized spacial score (nSPS) is 12.3. The molecule has 0 aliphatic heterocycles. The maximum atomic E-state index is 14.1. The zero-order valence-corrected chi connectivity index (χ0v) is 45.7. The second-order valence-corrected chi connectivity index (χ2v) is 20.7. The summed E-state index contributed by atoms with van der Waals surface area (Å²) in [6.07, 6.45) is 0. The Kier molecular flexibility index (Phi) is 19.8. The molecule has 0 aliphatic carbocycles. The number of hydrogen-bond donors (Lipinski definition) is 10. The first kappa shape index (κ1) is 62.2. The third kappa shape index (κ3) is 14.6. The molecule has 0 unspecified atom stereocenters. The highest BCUT2D eigenvalue weighted by atomic mass is 32.2. The largest absolute Gasteiger partial charge is 0.505 e. The number of phenolic OH excluding ortho intramolecular Hbond substituents is 1. The fraction of sp³-hybridized carbons (Fsp3) is 0.208. The second kappa shape index (κ2) is 26.7. The van der Waals surface area contributed by atoms with Crippen LogP contribution < -0.4 is 34.0 Å². The van der Waals surface area contributed by atoms with E-state index in [0.717, 1.165) is 54.6 Å². The number of rotatable bonds is 27. The Morgan fingerprint density at radius 2 is 0.881 bits per heavy atom. The number of nitrogens with zero attached hydrogens (tertiary/aromatic N) is 9. The van der Waals surface area contributed by atoms with Crippen LogP contribution in [0.25, 0.3) is 16.5 Å². The van der Waals surface area contributed by atoms with Crippen LogP contribution in [0, 0.1) is 0 Å². The zero-order valence-electron chi connectivity index (χ0n) is 43.2. The lowest BCUT2D eigenvalue weighted by atomic mass is 10.1. The van der Waals surface area contributed by atoms with Crippen molar-refractivity contribution in [3.8, 4) is 45.9 Å². The van der Waals surface area contributed by atoms with Crippen LogP contribution in [-0.2, 0) is 30.4 Å². The predicted molar refractivity (Wildman–Crippen MR) is 288 cm³/mol. The number of carbonyl (C=O) groups is 1. The number of aromatic carboxylic acids is 1. The summed E-state index contributed by atoms with van der Waals surface area (Å²) in [7, 11) is -12.6. The van der Waals surface area contributed by atoms with E-state index in [1.54, 1.807) is 0 Å². The number of benzene rings is 6. The van der Waals surface area contributed by atoms with Gasteiger partial charge in [0.15, 0.2) is 17.1 Å². The molecule has 0 radical (unpaired) electrons. The van der Waals surface area contributed by atoms with Crippen LogP contribution in [-0.4, -0.2) is 152 Å². The molecule has 0 fully saturated rings. The highest BCUT2D eigenvalue weighted by molar-refractivity contribution is 7.86. The molecule has 6 aromatic carbocycles. The Morgan fingerprint density at radius 3 is 1.25 bits per heavy atom. The summed E-state index contributed by atoms with van der Waals surface area (Å²) in [5.74, 6) is -3.48. The number of aromatic amines is 1. The topological polar surface area (TPSA) is 494 Å². The quantitative estimate of drug-likeness (QED) is 0.0191. The predicted octanol–water partition coefficient (Wildman–Crippen LogP) is 6.63. The molecular weight excluding hydrogens is 1180 g/mol. The third-order valence-corrected chi connectivity index (χ3v) is 13.7. The maximum Gasteiger partial charge on any atom is 0.356 e. The summed E-state index contributed by atoms with van der Waals surface area (Å²) in [5, 5.41) is 93.8. The van der Waals surface area contributed by atoms with E-state index in [-0.39, 0.29) is 105 Å². The van der Waals surface area contributed by atoms with Crippen molar-refractivity contribution in [1.82, 2.24) is 9.78 Å². The van der Waals surface area contributed by atoms with Crippen molar-refractivity contribution in [3.05, 3.63) is 101 Å². The molecule has 84 heavy (non-hydrogen) atoms. The molecular formula is C48H46N10O23S3. The summed E-state index contributed by atoms with van der Waals surface area (Å²) in [6, 6.07) is 15.7. The van der Waals surface area contributed by atoms with Crippen molar-refractivity contribution in [2.24, 2.45) is 40.9 Å². The van der Waals surface area contributed by atoms with Gasteiger partial charge in [-0.3, -0.25) is 23.6 Å². The van der Waals surface area contributed by atoms with Gasteiger partial charge in [0.25, 0.3) is 35.9 Å². The molecule has 1 heterocycles. The average molecular weight is 1230 g/mol. The SMILES string of the molecule is COc1ccc(N=Nc2cc(OCCO)c(N=Nc3c(S(=O)(=O)O)cc4cc(-n5[nH]c(C(=O)O)c(N=Nc6cc(OCCO)c(N=Nc7ccc(OC)cc7S(=O)(=O)O)cc6OCCO)c5=O)ccc4c3O)cc2OCCO)c(S(=O)(=O)O)c1. The molecule has 7 rings (SSSR count). The summed E-state index contributed by atoms with van der Waals surface area (Å²) in [5.41, 5.74) is -5.64. The monoisotopic (exact) mass is 1230 g/mol. The standard InChI is InChI=1S/C48H46N10O23S3/c1-76-27-4-7-30(40(19-27)82(67,68)69)49-51-32-21-38(80-15-11-61)34(23-36(32)78-13-9-59)53-55-43-42(84(73,74)75)18-25-17-26(3-6-29(25)46(43)63)58-47(64)44(45(57-58)48(65)66)56-54-35-24-37(79-14-10-60)33(22-39(35)81-16-12-62)52-50-31-8-5-28(77-2)20-41(31)83(70,71)72/h3-8,17-24,57,59-63H,9-16H2,1-2H3,(H,65,66)(H,67,68,69)(H,70,71,72)(H,73,74,75). The van der Waals surface area contributed by atoms with Crippen molar-refractivity contribution >= 4 is 92.6 Å². The first-order valence-corrected chi connectivity index (χ1v) is 27.9. The van der Waals surface area contributed by atoms with Gasteiger partial charge in [-0.2, -0.15) is 25.3 Å². The number of H-pyrrole nitrogens is 1. The molecule has 0 bridgehead atoms. The van der Waals surface area contributed by atoms with E-state index in [0.29, 0.717) is 4.68 Å². The van der Waals surface area contributed by atoms with Crippen LogP contribution in [0.3, 0.4) is 0 Å². The summed E-state index contributed by atoms with van der Waals surface area (Å²) in [6.45, 7) is -3.70. The van der Waals surface area contributed by atoms with Crippen LogP contribution in [0.15, 0.2) is 145 Å². The highest BCUT2D eigenvalue weighted by Gasteiger charge is 2.26. The van der Waals surface area contributed by atoms with Gasteiger partial charge in [-0.25, -0.2) is 9.48 Å². The molecule has 36 heteroatoms. The van der Waals surface area contributed by atoms with Crippen LogP contribution in [0.5, 0.6) is 40.2 Å². The second-order valence-electron chi connectivity index (χ2n) is 16.5. The molecule has 0 amide bonds. The van der Waals surface area contributed by atoms with Crippen molar-refractivity contribution in [2.45, 2.75) is 14.7 Å². The number of aromatic nitrogens is 2. The number of azo groups is 4. The van der Waals surface area contributed by atoms with Gasteiger partial charge in [-0.15, -0.1) is 40.9 Å². The fourth-order valence-electron chi connectivity index (χ4n) is 7.34. The minimum Gasteiger partial charge on any atom is -0.505 e. The number of ether oxygens (including phenoxy) is 6. The minimum atomic E-state index is -5.33. The van der Waals surface area contributed by atoms with Gasteiger partial charge in [0.05, 0.1) is 46.3 Å². The highest BCUT2D eigenvalue weighted by Crippen LogP contribution is 2.46. The number of hydrogen-bond acceptors (Lipinski definition) is 27. The fourth-order valence-corrected chi connectivity index (χ4v) is 9.28. The molecule has 0 atom stereocenters. The van der Waals surface area contributed by atoms with E-state index in [4.69, 9.17) is 28.4 Å². The number of fused-ring (bicyclic) bond motifs is 1. The van der Waals surface area contributed by atoms with Gasteiger partial charge in [-0.1, -0.05) is 0 Å². The molecule has 10 N–H and O–H groups in total. The molecule has 444 valence electrons. The van der Waals surface area contributed by atoms with E-state index in [9.17, 15) is 79.1 Å². The van der Waals surface area contributed by atoms with E-state index in [1.807, 2.05) is 0 Å². The molecule has 0 spiro atoms. The first-order valence-electron chi connectivity index (χ1n) is 23.6. The summed E-state index contributed by atoms with van der Waals surface area (Å²) < 4.78 is 138. The van der Waals surface area contributed by atoms with Gasteiger partial charge in [0.1, 0.15) is 115 Å². The number of aromatic hydroxyl groups is 1. The van der Waals surface area contributed by atoms with E-state index in [1.165, 1.54) is 44.6 Å². The minimum absolute atomic E-state index is 0.0506. The lowest BCUT2D eigenvalue weighted by molar-refractivity contribution is 0.0690. The molecule has 0 aliphatic rings. The van der Waals surface area contributed by atoms with Gasteiger partial charge >= 0.3 is 5.97 Å².